The van der Waals surface area contributed by atoms with E-state index in [1.54, 1.807) is 17.2 Å². The number of anilines is 1. The molecule has 4 N–H and O–H groups in total. The predicted octanol–water partition coefficient (Wildman–Crippen LogP) is 5.35. The molecule has 0 atom stereocenters. The Labute approximate surface area is 239 Å². The number of aromatic hydroxyl groups is 1. The molecular formula is C31H27BrN4O4. The number of hydrogen-bond donors (Lipinski definition) is 3. The SMILES string of the molecule is Nc1cc(C(=O)N/N=C/c2ccc(OCC(=O)N3CC=C(c4ccc(Br)cc4)CC3)c3ccccc23)ccc1O. The zero-order valence-electron chi connectivity index (χ0n) is 21.5. The number of nitrogens with two attached hydrogens (primary N) is 1. The van der Waals surface area contributed by atoms with Gasteiger partial charge < -0.3 is 20.5 Å². The number of nitrogens with zero attached hydrogens (tertiary/aromatic N) is 2. The quantitative estimate of drug-likeness (QED) is 0.115. The smallest absolute Gasteiger partial charge is 0.271 e. The Bertz CT molecular complexity index is 1630. The van der Waals surface area contributed by atoms with Crippen molar-refractivity contribution in [1.29, 1.82) is 0 Å². The van der Waals surface area contributed by atoms with Gasteiger partial charge in [-0.2, -0.15) is 5.10 Å². The van der Waals surface area contributed by atoms with Gasteiger partial charge in [0, 0.05) is 34.1 Å². The summed E-state index contributed by atoms with van der Waals surface area (Å²) in [6.45, 7) is 1.12. The Balaban J connectivity index is 1.22. The third kappa shape index (κ3) is 6.16. The number of hydrazone groups is 1. The van der Waals surface area contributed by atoms with Gasteiger partial charge in [-0.1, -0.05) is 58.4 Å². The molecule has 202 valence electrons. The summed E-state index contributed by atoms with van der Waals surface area (Å²) >= 11 is 3.46. The molecule has 0 aromatic heterocycles. The third-order valence-corrected chi connectivity index (χ3v) is 7.23. The van der Waals surface area contributed by atoms with Crippen LogP contribution < -0.4 is 15.9 Å². The summed E-state index contributed by atoms with van der Waals surface area (Å²) in [7, 11) is 0. The van der Waals surface area contributed by atoms with Crippen molar-refractivity contribution in [2.24, 2.45) is 5.10 Å². The number of amides is 2. The van der Waals surface area contributed by atoms with Gasteiger partial charge >= 0.3 is 0 Å². The lowest BCUT2D eigenvalue weighted by molar-refractivity contribution is -0.132. The van der Waals surface area contributed by atoms with Gasteiger partial charge in [0.05, 0.1) is 11.9 Å². The van der Waals surface area contributed by atoms with Gasteiger partial charge in [-0.15, -0.1) is 0 Å². The summed E-state index contributed by atoms with van der Waals surface area (Å²) < 4.78 is 7.01. The number of phenols is 1. The number of halogens is 1. The predicted molar refractivity (Wildman–Crippen MR) is 160 cm³/mol. The molecule has 0 fully saturated rings. The van der Waals surface area contributed by atoms with E-state index < -0.39 is 5.91 Å². The van der Waals surface area contributed by atoms with Crippen LogP contribution in [0.25, 0.3) is 16.3 Å². The zero-order chi connectivity index (χ0) is 28.1. The molecule has 0 saturated heterocycles. The number of ether oxygens (including phenoxy) is 1. The number of hydrogen-bond acceptors (Lipinski definition) is 6. The second kappa shape index (κ2) is 12.0. The average Bonchev–Trinajstić information content (AvgIpc) is 2.98. The lowest BCUT2D eigenvalue weighted by atomic mass is 9.99. The Morgan fingerprint density at radius 3 is 2.55 bits per heavy atom. The minimum atomic E-state index is -0.456. The molecule has 0 spiro atoms. The summed E-state index contributed by atoms with van der Waals surface area (Å²) in [6.07, 6.45) is 4.44. The highest BCUT2D eigenvalue weighted by molar-refractivity contribution is 9.10. The summed E-state index contributed by atoms with van der Waals surface area (Å²) in [5, 5.41) is 15.3. The maximum Gasteiger partial charge on any atom is 0.271 e. The topological polar surface area (TPSA) is 117 Å². The molecule has 2 amide bonds. The Morgan fingerprint density at radius 2 is 1.82 bits per heavy atom. The van der Waals surface area contributed by atoms with Crippen molar-refractivity contribution in [3.8, 4) is 11.5 Å². The van der Waals surface area contributed by atoms with Crippen LogP contribution in [-0.2, 0) is 4.79 Å². The van der Waals surface area contributed by atoms with Crippen LogP contribution in [0.4, 0.5) is 5.69 Å². The second-order valence-electron chi connectivity index (χ2n) is 9.29. The molecule has 5 rings (SSSR count). The molecule has 0 aliphatic carbocycles. The van der Waals surface area contributed by atoms with E-state index in [-0.39, 0.29) is 29.5 Å². The van der Waals surface area contributed by atoms with Gasteiger partial charge in [0.25, 0.3) is 11.8 Å². The van der Waals surface area contributed by atoms with Crippen molar-refractivity contribution in [3.05, 3.63) is 106 Å². The summed E-state index contributed by atoms with van der Waals surface area (Å²) in [4.78, 5) is 27.1. The summed E-state index contributed by atoms with van der Waals surface area (Å²) in [5.41, 5.74) is 11.7. The van der Waals surface area contributed by atoms with Gasteiger partial charge in [-0.25, -0.2) is 5.43 Å². The van der Waals surface area contributed by atoms with Crippen LogP contribution in [0.5, 0.6) is 11.5 Å². The van der Waals surface area contributed by atoms with Gasteiger partial charge in [0.15, 0.2) is 6.61 Å². The van der Waals surface area contributed by atoms with Crippen molar-refractivity contribution in [3.63, 3.8) is 0 Å². The number of rotatable bonds is 7. The van der Waals surface area contributed by atoms with Crippen molar-refractivity contribution in [2.45, 2.75) is 6.42 Å². The standard InChI is InChI=1S/C31H27BrN4O4/c32-24-9-5-20(6-10-24)21-13-15-36(16-14-21)30(38)19-40-29-12-8-23(25-3-1-2-4-26(25)29)18-34-35-31(39)22-7-11-28(37)27(33)17-22/h1-13,17-18,37H,14-16,19,33H2,(H,35,39)/b34-18+. The highest BCUT2D eigenvalue weighted by atomic mass is 79.9. The fourth-order valence-corrected chi connectivity index (χ4v) is 4.77. The average molecular weight is 599 g/mol. The monoisotopic (exact) mass is 598 g/mol. The summed E-state index contributed by atoms with van der Waals surface area (Å²) in [5.74, 6) is -0.0254. The number of phenolic OH excluding ortho intramolecular Hbond substituents is 1. The molecule has 0 saturated carbocycles. The van der Waals surface area contributed by atoms with Crippen LogP contribution in [0, 0.1) is 0 Å². The molecule has 0 unspecified atom stereocenters. The molecule has 0 radical (unpaired) electrons. The highest BCUT2D eigenvalue weighted by Crippen LogP contribution is 2.29. The molecule has 8 nitrogen and oxygen atoms in total. The van der Waals surface area contributed by atoms with Crippen molar-refractivity contribution >= 4 is 56.0 Å². The van der Waals surface area contributed by atoms with Gasteiger partial charge in [-0.05, 0) is 65.4 Å². The number of fused-ring (bicyclic) bond motifs is 1. The molecule has 4 aromatic carbocycles. The van der Waals surface area contributed by atoms with Crippen molar-refractivity contribution in [1.82, 2.24) is 10.3 Å². The second-order valence-corrected chi connectivity index (χ2v) is 10.2. The molecule has 9 heteroatoms. The number of nitrogen functional groups attached to an aromatic ring is 1. The third-order valence-electron chi connectivity index (χ3n) is 6.71. The van der Waals surface area contributed by atoms with Crippen LogP contribution in [0.3, 0.4) is 0 Å². The zero-order valence-corrected chi connectivity index (χ0v) is 23.1. The maximum atomic E-state index is 12.9. The largest absolute Gasteiger partial charge is 0.506 e. The van der Waals surface area contributed by atoms with E-state index in [1.807, 2.05) is 42.5 Å². The van der Waals surface area contributed by atoms with Crippen LogP contribution in [-0.4, -0.2) is 47.7 Å². The molecule has 40 heavy (non-hydrogen) atoms. The van der Waals surface area contributed by atoms with Gasteiger partial charge in [0.2, 0.25) is 0 Å². The fourth-order valence-electron chi connectivity index (χ4n) is 4.51. The molecule has 1 aliphatic heterocycles. The number of benzene rings is 4. The highest BCUT2D eigenvalue weighted by Gasteiger charge is 2.19. The van der Waals surface area contributed by atoms with E-state index in [1.165, 1.54) is 29.3 Å². The normalized spacial score (nSPS) is 13.3. The van der Waals surface area contributed by atoms with Crippen LogP contribution >= 0.6 is 15.9 Å². The minimum absolute atomic E-state index is 0.0648. The Kier molecular flexibility index (Phi) is 8.12. The number of nitrogens with one attached hydrogen (secondary N) is 1. The first-order valence-corrected chi connectivity index (χ1v) is 13.5. The number of carbonyl (C=O) groups excluding carboxylic acids is 2. The van der Waals surface area contributed by atoms with Crippen molar-refractivity contribution in [2.75, 3.05) is 25.4 Å². The Morgan fingerprint density at radius 1 is 1.05 bits per heavy atom. The summed E-state index contributed by atoms with van der Waals surface area (Å²) in [6, 6.07) is 23.6. The van der Waals surface area contributed by atoms with Crippen LogP contribution in [0.15, 0.2) is 94.5 Å². The van der Waals surface area contributed by atoms with Gasteiger partial charge in [0.1, 0.15) is 11.5 Å². The first-order valence-electron chi connectivity index (χ1n) is 12.7. The van der Waals surface area contributed by atoms with Gasteiger partial charge in [-0.3, -0.25) is 9.59 Å². The van der Waals surface area contributed by atoms with E-state index in [4.69, 9.17) is 10.5 Å². The van der Waals surface area contributed by atoms with Crippen LogP contribution in [0.1, 0.15) is 27.9 Å². The molecule has 4 aromatic rings. The fraction of sp³-hybridized carbons (Fsp3) is 0.129. The van der Waals surface area contributed by atoms with E-state index in [0.29, 0.717) is 18.8 Å². The van der Waals surface area contributed by atoms with E-state index in [0.717, 1.165) is 27.2 Å². The van der Waals surface area contributed by atoms with Crippen molar-refractivity contribution < 1.29 is 19.4 Å². The van der Waals surface area contributed by atoms with E-state index in [2.05, 4.69) is 44.7 Å². The molecule has 1 aliphatic rings. The molecule has 1 heterocycles. The van der Waals surface area contributed by atoms with E-state index in [9.17, 15) is 14.7 Å². The van der Waals surface area contributed by atoms with Crippen LogP contribution in [0.2, 0.25) is 0 Å². The lowest BCUT2D eigenvalue weighted by Gasteiger charge is -2.27. The Hall–Kier alpha value is -4.63. The minimum Gasteiger partial charge on any atom is -0.506 e. The lowest BCUT2D eigenvalue weighted by Crippen LogP contribution is -2.37. The molecule has 0 bridgehead atoms. The molecular weight excluding hydrogens is 572 g/mol. The maximum absolute atomic E-state index is 12.9. The number of carbonyl (C=O) groups is 2. The van der Waals surface area contributed by atoms with E-state index >= 15 is 0 Å². The first-order chi connectivity index (χ1) is 19.4. The first kappa shape index (κ1) is 27.0.